The molecule has 1 fully saturated rings. The Morgan fingerprint density at radius 1 is 1.40 bits per heavy atom. The maximum atomic E-state index is 13.1. The molecule has 6 heteroatoms. The van der Waals surface area contributed by atoms with Crippen LogP contribution in [-0.4, -0.2) is 18.4 Å². The summed E-state index contributed by atoms with van der Waals surface area (Å²) in [7, 11) is 0. The zero-order valence-electron chi connectivity index (χ0n) is 11.1. The highest BCUT2D eigenvalue weighted by molar-refractivity contribution is 5.83. The van der Waals surface area contributed by atoms with Crippen molar-refractivity contribution in [3.05, 3.63) is 35.4 Å². The Labute approximate surface area is 115 Å². The third-order valence-electron chi connectivity index (χ3n) is 3.44. The number of rotatable bonds is 3. The molecule has 108 valence electrons. The van der Waals surface area contributed by atoms with Crippen LogP contribution in [0.25, 0.3) is 0 Å². The number of amides is 2. The summed E-state index contributed by atoms with van der Waals surface area (Å²) in [6, 6.07) is 3.12. The van der Waals surface area contributed by atoms with E-state index in [2.05, 4.69) is 10.6 Å². The van der Waals surface area contributed by atoms with Crippen LogP contribution in [-0.2, 0) is 9.59 Å². The Morgan fingerprint density at radius 3 is 2.75 bits per heavy atom. The van der Waals surface area contributed by atoms with Gasteiger partial charge in [-0.25, -0.2) is 8.78 Å². The fraction of sp³-hybridized carbons (Fsp3) is 0.429. The number of benzene rings is 1. The van der Waals surface area contributed by atoms with Gasteiger partial charge >= 0.3 is 0 Å². The number of halogens is 2. The first kappa shape index (κ1) is 14.4. The Hall–Kier alpha value is -1.98. The van der Waals surface area contributed by atoms with Gasteiger partial charge in [-0.2, -0.15) is 0 Å². The van der Waals surface area contributed by atoms with Crippen molar-refractivity contribution >= 4 is 11.8 Å². The summed E-state index contributed by atoms with van der Waals surface area (Å²) >= 11 is 0. The van der Waals surface area contributed by atoms with Gasteiger partial charge in [0.15, 0.2) is 11.6 Å². The number of carbonyl (C=O) groups excluding carboxylic acids is 2. The first-order valence-corrected chi connectivity index (χ1v) is 6.49. The highest BCUT2D eigenvalue weighted by Gasteiger charge is 2.25. The van der Waals surface area contributed by atoms with Gasteiger partial charge in [-0.05, 0) is 31.0 Å². The monoisotopic (exact) mass is 282 g/mol. The normalized spacial score (nSPS) is 20.1. The van der Waals surface area contributed by atoms with Crippen LogP contribution in [0.2, 0.25) is 0 Å². The molecule has 0 aliphatic carbocycles. The Morgan fingerprint density at radius 2 is 2.15 bits per heavy atom. The van der Waals surface area contributed by atoms with Gasteiger partial charge in [0.05, 0.1) is 12.0 Å². The van der Waals surface area contributed by atoms with Crippen molar-refractivity contribution in [2.45, 2.75) is 25.8 Å². The van der Waals surface area contributed by atoms with Crippen LogP contribution >= 0.6 is 0 Å². The van der Waals surface area contributed by atoms with E-state index in [-0.39, 0.29) is 17.7 Å². The minimum atomic E-state index is -0.937. The van der Waals surface area contributed by atoms with Gasteiger partial charge < -0.3 is 10.6 Å². The lowest BCUT2D eigenvalue weighted by Crippen LogP contribution is -2.43. The van der Waals surface area contributed by atoms with Crippen molar-refractivity contribution in [1.82, 2.24) is 10.6 Å². The van der Waals surface area contributed by atoms with Crippen molar-refractivity contribution < 1.29 is 18.4 Å². The molecule has 1 aromatic rings. The topological polar surface area (TPSA) is 58.2 Å². The van der Waals surface area contributed by atoms with Crippen LogP contribution in [0.3, 0.4) is 0 Å². The Balaban J connectivity index is 1.96. The highest BCUT2D eigenvalue weighted by Crippen LogP contribution is 2.18. The molecule has 2 unspecified atom stereocenters. The Kier molecular flexibility index (Phi) is 4.32. The largest absolute Gasteiger partial charge is 0.355 e. The van der Waals surface area contributed by atoms with Crippen LogP contribution in [0, 0.1) is 17.6 Å². The minimum absolute atomic E-state index is 0.0531. The molecule has 20 heavy (non-hydrogen) atoms. The van der Waals surface area contributed by atoms with Crippen molar-refractivity contribution in [3.8, 4) is 0 Å². The zero-order chi connectivity index (χ0) is 14.7. The van der Waals surface area contributed by atoms with Gasteiger partial charge in [-0.1, -0.05) is 6.07 Å². The van der Waals surface area contributed by atoms with Gasteiger partial charge in [0.25, 0.3) is 0 Å². The van der Waals surface area contributed by atoms with Crippen molar-refractivity contribution in [1.29, 1.82) is 0 Å². The molecule has 1 aromatic carbocycles. The van der Waals surface area contributed by atoms with Crippen LogP contribution in [0.4, 0.5) is 8.78 Å². The minimum Gasteiger partial charge on any atom is -0.355 e. The standard InChI is InChI=1S/C14H16F2N2O2/c1-8(9-2-4-11(15)12(16)6-9)18-14(20)10-3-5-13(19)17-7-10/h2,4,6,8,10H,3,5,7H2,1H3,(H,17,19)(H,18,20). The first-order valence-electron chi connectivity index (χ1n) is 6.49. The van der Waals surface area contributed by atoms with Crippen molar-refractivity contribution in [2.75, 3.05) is 6.54 Å². The van der Waals surface area contributed by atoms with Gasteiger partial charge in [0, 0.05) is 13.0 Å². The predicted molar refractivity (Wildman–Crippen MR) is 68.6 cm³/mol. The molecule has 0 aromatic heterocycles. The molecule has 2 rings (SSSR count). The van der Waals surface area contributed by atoms with E-state index in [9.17, 15) is 18.4 Å². The molecular formula is C14H16F2N2O2. The lowest BCUT2D eigenvalue weighted by molar-refractivity contribution is -0.129. The molecule has 1 aliphatic rings. The summed E-state index contributed by atoms with van der Waals surface area (Å²) in [4.78, 5) is 23.0. The molecule has 0 bridgehead atoms. The van der Waals surface area contributed by atoms with Gasteiger partial charge in [0.1, 0.15) is 0 Å². The summed E-state index contributed by atoms with van der Waals surface area (Å²) in [6.45, 7) is 2.02. The van der Waals surface area contributed by atoms with E-state index in [1.807, 2.05) is 0 Å². The van der Waals surface area contributed by atoms with Crippen molar-refractivity contribution in [2.24, 2.45) is 5.92 Å². The molecule has 0 spiro atoms. The maximum Gasteiger partial charge on any atom is 0.225 e. The number of nitrogens with one attached hydrogen (secondary N) is 2. The second-order valence-corrected chi connectivity index (χ2v) is 4.94. The second kappa shape index (κ2) is 5.98. The summed E-state index contributed by atoms with van der Waals surface area (Å²) in [5, 5.41) is 5.38. The summed E-state index contributed by atoms with van der Waals surface area (Å²) < 4.78 is 26.0. The number of hydrogen-bond donors (Lipinski definition) is 2. The van der Waals surface area contributed by atoms with Gasteiger partial charge in [0.2, 0.25) is 11.8 Å². The van der Waals surface area contributed by atoms with Crippen LogP contribution in [0.5, 0.6) is 0 Å². The fourth-order valence-electron chi connectivity index (χ4n) is 2.15. The van der Waals surface area contributed by atoms with E-state index >= 15 is 0 Å². The van der Waals surface area contributed by atoms with E-state index in [0.29, 0.717) is 24.9 Å². The highest BCUT2D eigenvalue weighted by atomic mass is 19.2. The molecular weight excluding hydrogens is 266 g/mol. The molecule has 1 aliphatic heterocycles. The van der Waals surface area contributed by atoms with Crippen LogP contribution < -0.4 is 10.6 Å². The van der Waals surface area contributed by atoms with Crippen LogP contribution in [0.1, 0.15) is 31.4 Å². The first-order chi connectivity index (χ1) is 9.47. The lowest BCUT2D eigenvalue weighted by Gasteiger charge is -2.24. The maximum absolute atomic E-state index is 13.1. The Bertz CT molecular complexity index is 524. The third-order valence-corrected chi connectivity index (χ3v) is 3.44. The molecule has 4 nitrogen and oxygen atoms in total. The van der Waals surface area contributed by atoms with E-state index in [1.165, 1.54) is 6.07 Å². The second-order valence-electron chi connectivity index (χ2n) is 4.94. The molecule has 2 N–H and O–H groups in total. The number of piperidine rings is 1. The number of hydrogen-bond acceptors (Lipinski definition) is 2. The van der Waals surface area contributed by atoms with Crippen molar-refractivity contribution in [3.63, 3.8) is 0 Å². The average molecular weight is 282 g/mol. The number of carbonyl (C=O) groups is 2. The molecule has 2 amide bonds. The summed E-state index contributed by atoms with van der Waals surface area (Å²) in [6.07, 6.45) is 0.833. The quantitative estimate of drug-likeness (QED) is 0.886. The van der Waals surface area contributed by atoms with Crippen LogP contribution in [0.15, 0.2) is 18.2 Å². The molecule has 1 heterocycles. The van der Waals surface area contributed by atoms with E-state index in [0.717, 1.165) is 12.1 Å². The third kappa shape index (κ3) is 3.31. The average Bonchev–Trinajstić information content (AvgIpc) is 2.42. The van der Waals surface area contributed by atoms with Gasteiger partial charge in [-0.3, -0.25) is 9.59 Å². The zero-order valence-corrected chi connectivity index (χ0v) is 11.1. The van der Waals surface area contributed by atoms with E-state index in [4.69, 9.17) is 0 Å². The van der Waals surface area contributed by atoms with Gasteiger partial charge in [-0.15, -0.1) is 0 Å². The molecule has 0 saturated carbocycles. The molecule has 2 atom stereocenters. The van der Waals surface area contributed by atoms with E-state index < -0.39 is 17.7 Å². The fourth-order valence-corrected chi connectivity index (χ4v) is 2.15. The smallest absolute Gasteiger partial charge is 0.225 e. The SMILES string of the molecule is CC(NC(=O)C1CCC(=O)NC1)c1ccc(F)c(F)c1. The summed E-state index contributed by atoms with van der Waals surface area (Å²) in [5.74, 6) is -2.37. The predicted octanol–water partition coefficient (Wildman–Crippen LogP) is 1.67. The summed E-state index contributed by atoms with van der Waals surface area (Å²) in [5.41, 5.74) is 0.497. The van der Waals surface area contributed by atoms with E-state index in [1.54, 1.807) is 6.92 Å². The molecule has 0 radical (unpaired) electrons. The molecule has 1 saturated heterocycles. The lowest BCUT2D eigenvalue weighted by atomic mass is 9.97.